The molecule has 16 heavy (non-hydrogen) atoms. The fraction of sp³-hybridized carbons (Fsp3) is 1.00. The van der Waals surface area contributed by atoms with Crippen LogP contribution in [-0.4, -0.2) is 45.0 Å². The summed E-state index contributed by atoms with van der Waals surface area (Å²) < 4.78 is 0. The third-order valence-electron chi connectivity index (χ3n) is 2.49. The molecule has 0 amide bonds. The van der Waals surface area contributed by atoms with Crippen LogP contribution in [0.3, 0.4) is 0 Å². The second kappa shape index (κ2) is 9.54. The number of rotatable bonds is 7. The molecule has 1 saturated heterocycles. The molecule has 0 aromatic carbocycles. The van der Waals surface area contributed by atoms with Gasteiger partial charge in [-0.1, -0.05) is 25.0 Å². The van der Waals surface area contributed by atoms with Crippen molar-refractivity contribution in [2.45, 2.75) is 30.8 Å². The van der Waals surface area contributed by atoms with Crippen LogP contribution in [0.25, 0.3) is 0 Å². The molecule has 0 aromatic heterocycles. The van der Waals surface area contributed by atoms with E-state index < -0.39 is 0 Å². The van der Waals surface area contributed by atoms with Gasteiger partial charge in [0.05, 0.1) is 0 Å². The van der Waals surface area contributed by atoms with Crippen molar-refractivity contribution in [2.75, 3.05) is 34.5 Å². The van der Waals surface area contributed by atoms with Crippen molar-refractivity contribution in [2.24, 2.45) is 0 Å². The van der Waals surface area contributed by atoms with Crippen LogP contribution in [0, 0.1) is 0 Å². The first-order chi connectivity index (χ1) is 7.74. The van der Waals surface area contributed by atoms with E-state index in [1.807, 2.05) is 0 Å². The van der Waals surface area contributed by atoms with Crippen molar-refractivity contribution in [1.29, 1.82) is 0 Å². The molecular formula is C11H22S5. The number of thioether (sulfide) groups is 3. The summed E-state index contributed by atoms with van der Waals surface area (Å²) in [5.74, 6) is 7.80. The zero-order valence-electron chi connectivity index (χ0n) is 10.1. The second-order valence-corrected chi connectivity index (χ2v) is 11.0. The average molecular weight is 315 g/mol. The van der Waals surface area contributed by atoms with Gasteiger partial charge >= 0.3 is 0 Å². The maximum absolute atomic E-state index is 5.55. The predicted octanol–water partition coefficient (Wildman–Crippen LogP) is 3.45. The lowest BCUT2D eigenvalue weighted by molar-refractivity contribution is 0.918. The zero-order chi connectivity index (χ0) is 11.8. The molecule has 0 bridgehead atoms. The first-order valence-corrected chi connectivity index (χ1v) is 11.6. The monoisotopic (exact) mass is 314 g/mol. The molecule has 1 rings (SSSR count). The van der Waals surface area contributed by atoms with Gasteiger partial charge in [0.2, 0.25) is 0 Å². The van der Waals surface area contributed by atoms with Gasteiger partial charge in [0.15, 0.2) is 0 Å². The molecular weight excluding hydrogens is 292 g/mol. The van der Waals surface area contributed by atoms with Crippen LogP contribution in [0.15, 0.2) is 0 Å². The smallest absolute Gasteiger partial charge is 0.0192 e. The minimum absolute atomic E-state index is 0.298. The lowest BCUT2D eigenvalue weighted by Gasteiger charge is -2.23. The van der Waals surface area contributed by atoms with Crippen LogP contribution in [0.4, 0.5) is 0 Å². The van der Waals surface area contributed by atoms with E-state index >= 15 is 0 Å². The Morgan fingerprint density at radius 1 is 1.56 bits per heavy atom. The van der Waals surface area contributed by atoms with Crippen LogP contribution in [0.5, 0.6) is 0 Å². The van der Waals surface area contributed by atoms with E-state index in [-0.39, 0.29) is 0 Å². The fourth-order valence-electron chi connectivity index (χ4n) is 1.61. The predicted molar refractivity (Wildman–Crippen MR) is 90.2 cm³/mol. The van der Waals surface area contributed by atoms with Gasteiger partial charge in [-0.25, -0.2) is 0 Å². The Kier molecular flexibility index (Phi) is 9.34. The molecule has 1 aliphatic heterocycles. The molecule has 0 spiro atoms. The van der Waals surface area contributed by atoms with E-state index in [1.54, 1.807) is 0 Å². The molecule has 1 heterocycles. The van der Waals surface area contributed by atoms with Crippen LogP contribution >= 0.6 is 35.3 Å². The molecule has 0 aromatic rings. The van der Waals surface area contributed by atoms with E-state index in [9.17, 15) is 0 Å². The zero-order valence-corrected chi connectivity index (χ0v) is 14.2. The average Bonchev–Trinajstić information content (AvgIpc) is 2.27. The van der Waals surface area contributed by atoms with Crippen molar-refractivity contribution in [3.8, 4) is 0 Å². The molecule has 96 valence electrons. The van der Waals surface area contributed by atoms with Gasteiger partial charge < -0.3 is 0 Å². The molecule has 0 nitrogen and oxygen atoms in total. The van der Waals surface area contributed by atoms with E-state index in [2.05, 4.69) is 49.1 Å². The Morgan fingerprint density at radius 3 is 3.06 bits per heavy atom. The largest absolute Gasteiger partial charge is 0.161 e. The Morgan fingerprint density at radius 2 is 2.38 bits per heavy atom. The van der Waals surface area contributed by atoms with Crippen LogP contribution < -0.4 is 0 Å². The fourth-order valence-corrected chi connectivity index (χ4v) is 8.69. The first kappa shape index (κ1) is 15.7. The summed E-state index contributed by atoms with van der Waals surface area (Å²) in [6.07, 6.45) is 1.35. The summed E-state index contributed by atoms with van der Waals surface area (Å²) in [6.45, 7) is 4.59. The highest BCUT2D eigenvalue weighted by Gasteiger charge is 2.17. The third kappa shape index (κ3) is 6.53. The topological polar surface area (TPSA) is 0 Å². The summed E-state index contributed by atoms with van der Waals surface area (Å²) in [6, 6.07) is 0. The van der Waals surface area contributed by atoms with Crippen LogP contribution in [0.1, 0.15) is 20.3 Å². The summed E-state index contributed by atoms with van der Waals surface area (Å²) in [5, 5.41) is 1.66. The van der Waals surface area contributed by atoms with Gasteiger partial charge in [0.1, 0.15) is 0 Å². The lowest BCUT2D eigenvalue weighted by atomic mass is 10.4. The Bertz CT molecular complexity index is 207. The van der Waals surface area contributed by atoms with Gasteiger partial charge in [-0.3, -0.25) is 0 Å². The normalized spacial score (nSPS) is 27.9. The molecule has 3 unspecified atom stereocenters. The Balaban J connectivity index is 2.03. The maximum Gasteiger partial charge on any atom is 0.0192 e. The standard InChI is InChI=1S/C11H22S5/c1-3-15-10(2)8-13-5-4-11-9-14-6-7-16(11)12/h10-11H,3-9H2,1-2H3. The molecule has 3 atom stereocenters. The Labute approximate surface area is 120 Å². The van der Waals surface area contributed by atoms with E-state index in [0.717, 1.165) is 10.5 Å². The van der Waals surface area contributed by atoms with Gasteiger partial charge in [-0.15, -0.1) is 9.45 Å². The number of hydrogen-bond donors (Lipinski definition) is 0. The number of hydrogen-bond acceptors (Lipinski definition) is 4. The van der Waals surface area contributed by atoms with Gasteiger partial charge in [0, 0.05) is 33.5 Å². The van der Waals surface area contributed by atoms with Gasteiger partial charge in [0.25, 0.3) is 0 Å². The summed E-state index contributed by atoms with van der Waals surface area (Å²) in [7, 11) is 0.298. The van der Waals surface area contributed by atoms with Gasteiger partial charge in [-0.2, -0.15) is 35.3 Å². The van der Waals surface area contributed by atoms with E-state index in [1.165, 1.54) is 40.9 Å². The summed E-state index contributed by atoms with van der Waals surface area (Å²) >= 11 is 11.9. The van der Waals surface area contributed by atoms with Gasteiger partial charge in [-0.05, 0) is 17.9 Å². The van der Waals surface area contributed by atoms with Crippen molar-refractivity contribution < 1.29 is 0 Å². The summed E-state index contributed by atoms with van der Waals surface area (Å²) in [4.78, 5) is 0. The van der Waals surface area contributed by atoms with Crippen molar-refractivity contribution >= 4 is 55.9 Å². The van der Waals surface area contributed by atoms with Crippen molar-refractivity contribution in [3.05, 3.63) is 0 Å². The van der Waals surface area contributed by atoms with E-state index in [0.29, 0.717) is 9.45 Å². The highest BCUT2D eigenvalue weighted by atomic mass is 32.8. The molecule has 5 heteroatoms. The minimum Gasteiger partial charge on any atom is -0.161 e. The van der Waals surface area contributed by atoms with Crippen LogP contribution in [-0.2, 0) is 20.6 Å². The highest BCUT2D eigenvalue weighted by molar-refractivity contribution is 8.30. The quantitative estimate of drug-likeness (QED) is 0.660. The first-order valence-electron chi connectivity index (χ1n) is 5.88. The van der Waals surface area contributed by atoms with E-state index in [4.69, 9.17) is 11.2 Å². The molecule has 1 aliphatic rings. The highest BCUT2D eigenvalue weighted by Crippen LogP contribution is 2.22. The van der Waals surface area contributed by atoms with Crippen molar-refractivity contribution in [3.63, 3.8) is 0 Å². The second-order valence-electron chi connectivity index (χ2n) is 3.91. The molecule has 1 fully saturated rings. The lowest BCUT2D eigenvalue weighted by Crippen LogP contribution is -2.26. The molecule has 0 saturated carbocycles. The SMILES string of the molecule is CCSC(C)CSCCC1CSCCS1=S. The molecule has 0 aliphatic carbocycles. The maximum atomic E-state index is 5.55. The van der Waals surface area contributed by atoms with Crippen molar-refractivity contribution in [1.82, 2.24) is 0 Å². The third-order valence-corrected chi connectivity index (χ3v) is 9.70. The Hall–Kier alpha value is 1.62. The summed E-state index contributed by atoms with van der Waals surface area (Å²) in [5.41, 5.74) is 0. The van der Waals surface area contributed by atoms with Crippen LogP contribution in [0.2, 0.25) is 0 Å². The molecule has 0 radical (unpaired) electrons. The molecule has 0 N–H and O–H groups in total. The minimum atomic E-state index is 0.298.